The Kier molecular flexibility index (Phi) is 3.10. The van der Waals surface area contributed by atoms with Crippen molar-refractivity contribution in [2.24, 2.45) is 0 Å². The summed E-state index contributed by atoms with van der Waals surface area (Å²) < 4.78 is 0. The highest BCUT2D eigenvalue weighted by molar-refractivity contribution is 5.17. The summed E-state index contributed by atoms with van der Waals surface area (Å²) in [6.45, 7) is 1.96. The van der Waals surface area contributed by atoms with Crippen LogP contribution in [0, 0.1) is 0 Å². The van der Waals surface area contributed by atoms with Gasteiger partial charge in [0.2, 0.25) is 0 Å². The van der Waals surface area contributed by atoms with Crippen LogP contribution in [-0.2, 0) is 12.8 Å². The third-order valence-electron chi connectivity index (χ3n) is 2.29. The second-order valence-corrected chi connectivity index (χ2v) is 3.58. The highest BCUT2D eigenvalue weighted by Gasteiger charge is 2.01. The monoisotopic (exact) mass is 215 g/mol. The molecule has 0 aliphatic heterocycles. The molecule has 0 saturated heterocycles. The van der Waals surface area contributed by atoms with E-state index in [1.165, 1.54) is 6.07 Å². The Labute approximate surface area is 93.4 Å². The van der Waals surface area contributed by atoms with Gasteiger partial charge in [0.05, 0.1) is 5.69 Å². The zero-order valence-electron chi connectivity index (χ0n) is 9.10. The van der Waals surface area contributed by atoms with Crippen LogP contribution in [0.15, 0.2) is 35.4 Å². The Morgan fingerprint density at radius 1 is 1.44 bits per heavy atom. The number of aromatic amines is 1. The van der Waals surface area contributed by atoms with Gasteiger partial charge in [-0.1, -0.05) is 13.0 Å². The molecule has 82 valence electrons. The smallest absolute Gasteiger partial charge is 0.251 e. The van der Waals surface area contributed by atoms with E-state index in [0.29, 0.717) is 6.42 Å². The second-order valence-electron chi connectivity index (χ2n) is 3.58. The van der Waals surface area contributed by atoms with Crippen LogP contribution in [0.5, 0.6) is 0 Å². The van der Waals surface area contributed by atoms with Crippen molar-refractivity contribution in [2.45, 2.75) is 19.8 Å². The van der Waals surface area contributed by atoms with Gasteiger partial charge in [0.25, 0.3) is 5.56 Å². The summed E-state index contributed by atoms with van der Waals surface area (Å²) in [5.74, 6) is 0.728. The van der Waals surface area contributed by atoms with Gasteiger partial charge in [0.15, 0.2) is 0 Å². The molecule has 0 unspecified atom stereocenters. The lowest BCUT2D eigenvalue weighted by molar-refractivity contribution is 0.879. The molecule has 4 nitrogen and oxygen atoms in total. The molecule has 4 heteroatoms. The van der Waals surface area contributed by atoms with Gasteiger partial charge >= 0.3 is 0 Å². The van der Waals surface area contributed by atoms with E-state index in [0.717, 1.165) is 23.5 Å². The van der Waals surface area contributed by atoms with Crippen molar-refractivity contribution >= 4 is 0 Å². The van der Waals surface area contributed by atoms with Crippen LogP contribution in [0.3, 0.4) is 0 Å². The van der Waals surface area contributed by atoms with Crippen LogP contribution in [0.2, 0.25) is 0 Å². The number of rotatable bonds is 3. The predicted molar refractivity (Wildman–Crippen MR) is 61.3 cm³/mol. The highest BCUT2D eigenvalue weighted by Crippen LogP contribution is 2.04. The Hall–Kier alpha value is -1.97. The molecule has 1 N–H and O–H groups in total. The average Bonchev–Trinajstić information content (AvgIpc) is 2.29. The molecule has 0 radical (unpaired) electrons. The van der Waals surface area contributed by atoms with Gasteiger partial charge in [-0.3, -0.25) is 9.78 Å². The molecule has 2 aromatic heterocycles. The summed E-state index contributed by atoms with van der Waals surface area (Å²) in [5, 5.41) is 0. The first-order valence-electron chi connectivity index (χ1n) is 5.26. The maximum absolute atomic E-state index is 11.3. The first-order valence-corrected chi connectivity index (χ1v) is 5.26. The molecule has 2 heterocycles. The van der Waals surface area contributed by atoms with Crippen molar-refractivity contribution in [1.82, 2.24) is 15.0 Å². The van der Waals surface area contributed by atoms with Crippen LogP contribution in [0.25, 0.3) is 0 Å². The minimum absolute atomic E-state index is 0.0919. The Morgan fingerprint density at radius 3 is 3.00 bits per heavy atom. The summed E-state index contributed by atoms with van der Waals surface area (Å²) in [5.41, 5.74) is 1.75. The molecule has 0 fully saturated rings. The quantitative estimate of drug-likeness (QED) is 0.840. The number of nitrogens with one attached hydrogen (secondary N) is 1. The number of hydrogen-bond acceptors (Lipinski definition) is 3. The van der Waals surface area contributed by atoms with Crippen LogP contribution in [-0.4, -0.2) is 15.0 Å². The number of H-pyrrole nitrogens is 1. The molecular weight excluding hydrogens is 202 g/mol. The van der Waals surface area contributed by atoms with E-state index in [1.807, 2.05) is 19.1 Å². The maximum Gasteiger partial charge on any atom is 0.251 e. The third-order valence-corrected chi connectivity index (χ3v) is 2.29. The normalized spacial score (nSPS) is 10.3. The Morgan fingerprint density at radius 2 is 2.31 bits per heavy atom. The number of pyridine rings is 1. The first kappa shape index (κ1) is 10.5. The summed E-state index contributed by atoms with van der Waals surface area (Å²) in [6.07, 6.45) is 4.89. The molecule has 0 aliphatic rings. The Bertz CT molecular complexity index is 519. The van der Waals surface area contributed by atoms with Crippen LogP contribution >= 0.6 is 0 Å². The highest BCUT2D eigenvalue weighted by atomic mass is 16.1. The van der Waals surface area contributed by atoms with E-state index in [9.17, 15) is 4.79 Å². The van der Waals surface area contributed by atoms with Gasteiger partial charge in [-0.2, -0.15) is 0 Å². The number of aryl methyl sites for hydroxylation is 1. The van der Waals surface area contributed by atoms with Crippen LogP contribution in [0.4, 0.5) is 0 Å². The zero-order chi connectivity index (χ0) is 11.4. The molecule has 16 heavy (non-hydrogen) atoms. The van der Waals surface area contributed by atoms with E-state index in [-0.39, 0.29) is 5.56 Å². The second kappa shape index (κ2) is 4.70. The summed E-state index contributed by atoms with van der Waals surface area (Å²) in [6, 6.07) is 5.39. The van der Waals surface area contributed by atoms with Gasteiger partial charge in [0, 0.05) is 31.3 Å². The Balaban J connectivity index is 2.28. The molecule has 0 bridgehead atoms. The van der Waals surface area contributed by atoms with Gasteiger partial charge in [0.1, 0.15) is 5.82 Å². The topological polar surface area (TPSA) is 58.6 Å². The predicted octanol–water partition coefficient (Wildman–Crippen LogP) is 1.32. The van der Waals surface area contributed by atoms with E-state index >= 15 is 0 Å². The molecule has 0 aliphatic carbocycles. The summed E-state index contributed by atoms with van der Waals surface area (Å²) >= 11 is 0. The lowest BCUT2D eigenvalue weighted by Crippen LogP contribution is -2.12. The molecular formula is C12H13N3O. The maximum atomic E-state index is 11.3. The largest absolute Gasteiger partial charge is 0.311 e. The van der Waals surface area contributed by atoms with Crippen LogP contribution < -0.4 is 5.56 Å². The average molecular weight is 215 g/mol. The van der Waals surface area contributed by atoms with Crippen molar-refractivity contribution in [3.05, 3.63) is 58.0 Å². The van der Waals surface area contributed by atoms with E-state index in [4.69, 9.17) is 0 Å². The number of nitrogens with zero attached hydrogens (tertiary/aromatic N) is 2. The van der Waals surface area contributed by atoms with Gasteiger partial charge in [-0.05, 0) is 11.6 Å². The van der Waals surface area contributed by atoms with Gasteiger partial charge < -0.3 is 4.98 Å². The fourth-order valence-electron chi connectivity index (χ4n) is 1.53. The fourth-order valence-corrected chi connectivity index (χ4v) is 1.53. The number of hydrogen-bond donors (Lipinski definition) is 1. The molecule has 0 amide bonds. The molecule has 0 saturated carbocycles. The lowest BCUT2D eigenvalue weighted by atomic mass is 10.1. The van der Waals surface area contributed by atoms with Crippen molar-refractivity contribution < 1.29 is 0 Å². The minimum Gasteiger partial charge on any atom is -0.311 e. The SMILES string of the molecule is CCc1nc(Cc2cccnc2)cc(=O)[nH]1. The first-order chi connectivity index (χ1) is 7.78. The van der Waals surface area contributed by atoms with Crippen molar-refractivity contribution in [3.63, 3.8) is 0 Å². The molecule has 0 spiro atoms. The molecule has 2 rings (SSSR count). The van der Waals surface area contributed by atoms with Crippen molar-refractivity contribution in [3.8, 4) is 0 Å². The molecule has 0 aromatic carbocycles. The standard InChI is InChI=1S/C12H13N3O/c1-2-11-14-10(7-12(16)15-11)6-9-4-3-5-13-8-9/h3-5,7-8H,2,6H2,1H3,(H,14,15,16). The van der Waals surface area contributed by atoms with Gasteiger partial charge in [-0.15, -0.1) is 0 Å². The van der Waals surface area contributed by atoms with Gasteiger partial charge in [-0.25, -0.2) is 4.98 Å². The van der Waals surface area contributed by atoms with E-state index in [1.54, 1.807) is 12.4 Å². The molecule has 2 aromatic rings. The van der Waals surface area contributed by atoms with Crippen LogP contribution in [0.1, 0.15) is 24.0 Å². The lowest BCUT2D eigenvalue weighted by Gasteiger charge is -2.02. The third kappa shape index (κ3) is 2.53. The molecule has 0 atom stereocenters. The summed E-state index contributed by atoms with van der Waals surface area (Å²) in [7, 11) is 0. The van der Waals surface area contributed by atoms with E-state index in [2.05, 4.69) is 15.0 Å². The zero-order valence-corrected chi connectivity index (χ0v) is 9.10. The van der Waals surface area contributed by atoms with Crippen molar-refractivity contribution in [2.75, 3.05) is 0 Å². The summed E-state index contributed by atoms with van der Waals surface area (Å²) in [4.78, 5) is 22.4. The van der Waals surface area contributed by atoms with Crippen molar-refractivity contribution in [1.29, 1.82) is 0 Å². The number of aromatic nitrogens is 3. The minimum atomic E-state index is -0.0919. The fraction of sp³-hybridized carbons (Fsp3) is 0.250. The van der Waals surface area contributed by atoms with E-state index < -0.39 is 0 Å².